The highest BCUT2D eigenvalue weighted by molar-refractivity contribution is 7.92. The van der Waals surface area contributed by atoms with Crippen molar-refractivity contribution < 1.29 is 17.5 Å². The Balaban J connectivity index is 1.65. The van der Waals surface area contributed by atoms with Crippen LogP contribution in [0.15, 0.2) is 85.2 Å². The van der Waals surface area contributed by atoms with E-state index >= 15 is 0 Å². The smallest absolute Gasteiger partial charge is 0.229 e. The second-order valence-corrected chi connectivity index (χ2v) is 10.7. The lowest BCUT2D eigenvalue weighted by atomic mass is 10.0. The minimum Gasteiger partial charge on any atom is -0.494 e. The van der Waals surface area contributed by atoms with E-state index in [4.69, 9.17) is 17.0 Å². The van der Waals surface area contributed by atoms with Crippen LogP contribution in [0.3, 0.4) is 0 Å². The molecule has 2 N–H and O–H groups in total. The van der Waals surface area contributed by atoms with Crippen LogP contribution < -0.4 is 19.7 Å². The molecule has 5 rings (SSSR count). The predicted molar refractivity (Wildman–Crippen MR) is 145 cm³/mol. The fraction of sp³-hybridized carbons (Fsp3) is 0.154. The molecule has 0 radical (unpaired) electrons. The van der Waals surface area contributed by atoms with E-state index in [1.165, 1.54) is 19.2 Å². The summed E-state index contributed by atoms with van der Waals surface area (Å²) in [4.78, 5) is 6.51. The molecule has 1 aliphatic rings. The summed E-state index contributed by atoms with van der Waals surface area (Å²) in [7, 11) is -2.04. The third-order valence-electron chi connectivity index (χ3n) is 6.03. The zero-order chi connectivity index (χ0) is 26.2. The number of halogens is 1. The van der Waals surface area contributed by atoms with Gasteiger partial charge in [-0.15, -0.1) is 0 Å². The topological polar surface area (TPSA) is 88.5 Å². The molecule has 3 heterocycles. The second-order valence-electron chi connectivity index (χ2n) is 8.54. The average molecular weight is 538 g/mol. The van der Waals surface area contributed by atoms with Crippen LogP contribution in [-0.2, 0) is 10.0 Å². The number of aromatic nitrogens is 2. The van der Waals surface area contributed by atoms with E-state index in [9.17, 15) is 12.8 Å². The van der Waals surface area contributed by atoms with Crippen molar-refractivity contribution in [2.75, 3.05) is 23.0 Å². The quantitative estimate of drug-likeness (QED) is 0.334. The van der Waals surface area contributed by atoms with Crippen molar-refractivity contribution in [1.29, 1.82) is 0 Å². The summed E-state index contributed by atoms with van der Waals surface area (Å²) in [6.45, 7) is 0. The molecule has 37 heavy (non-hydrogen) atoms. The maximum absolute atomic E-state index is 14.1. The molecule has 0 unspecified atom stereocenters. The molecule has 2 aromatic carbocycles. The lowest BCUT2D eigenvalue weighted by molar-refractivity contribution is 0.417. The number of thiocarbonyl (C=S) groups is 1. The Morgan fingerprint density at radius 3 is 2.59 bits per heavy atom. The van der Waals surface area contributed by atoms with Crippen molar-refractivity contribution in [3.05, 3.63) is 102 Å². The molecule has 11 heteroatoms. The molecule has 0 aliphatic carbocycles. The summed E-state index contributed by atoms with van der Waals surface area (Å²) in [5.74, 6) is 0.000302. The predicted octanol–water partition coefficient (Wildman–Crippen LogP) is 4.57. The van der Waals surface area contributed by atoms with Crippen LogP contribution in [0.2, 0.25) is 0 Å². The third-order valence-corrected chi connectivity index (χ3v) is 6.93. The summed E-state index contributed by atoms with van der Waals surface area (Å²) in [6, 6.07) is 20.3. The summed E-state index contributed by atoms with van der Waals surface area (Å²) < 4.78 is 47.6. The van der Waals surface area contributed by atoms with Crippen molar-refractivity contribution in [2.45, 2.75) is 12.1 Å². The number of ether oxygens (including phenoxy) is 1. The average Bonchev–Trinajstić information content (AvgIpc) is 3.48. The van der Waals surface area contributed by atoms with Gasteiger partial charge in [0.1, 0.15) is 17.6 Å². The lowest BCUT2D eigenvalue weighted by Crippen LogP contribution is -2.30. The molecular formula is C26H24FN5O3S2. The Bertz CT molecular complexity index is 1560. The van der Waals surface area contributed by atoms with Crippen molar-refractivity contribution in [1.82, 2.24) is 14.9 Å². The number of nitrogens with one attached hydrogen (secondary N) is 2. The molecule has 0 bridgehead atoms. The van der Waals surface area contributed by atoms with Crippen LogP contribution in [0.5, 0.6) is 5.75 Å². The van der Waals surface area contributed by atoms with Gasteiger partial charge in [0, 0.05) is 35.5 Å². The van der Waals surface area contributed by atoms with Crippen molar-refractivity contribution in [3.63, 3.8) is 0 Å². The number of hydrogen-bond donors (Lipinski definition) is 2. The van der Waals surface area contributed by atoms with Crippen molar-refractivity contribution in [3.8, 4) is 11.4 Å². The Kier molecular flexibility index (Phi) is 6.57. The highest BCUT2D eigenvalue weighted by Crippen LogP contribution is 2.44. The Hall–Kier alpha value is -3.96. The first-order valence-electron chi connectivity index (χ1n) is 11.3. The van der Waals surface area contributed by atoms with Crippen LogP contribution in [-0.4, -0.2) is 36.4 Å². The Morgan fingerprint density at radius 1 is 1.05 bits per heavy atom. The van der Waals surface area contributed by atoms with Gasteiger partial charge in [0.05, 0.1) is 30.8 Å². The zero-order valence-electron chi connectivity index (χ0n) is 20.0. The minimum absolute atomic E-state index is 0.313. The normalized spacial score (nSPS) is 17.5. The van der Waals surface area contributed by atoms with Crippen LogP contribution in [0.1, 0.15) is 23.5 Å². The van der Waals surface area contributed by atoms with Crippen LogP contribution >= 0.6 is 12.2 Å². The van der Waals surface area contributed by atoms with Gasteiger partial charge in [-0.05, 0) is 66.8 Å². The maximum atomic E-state index is 14.1. The molecule has 1 fully saturated rings. The van der Waals surface area contributed by atoms with E-state index in [0.717, 1.165) is 17.6 Å². The van der Waals surface area contributed by atoms with Gasteiger partial charge in [0.2, 0.25) is 10.0 Å². The highest BCUT2D eigenvalue weighted by Gasteiger charge is 2.42. The monoisotopic (exact) mass is 537 g/mol. The van der Waals surface area contributed by atoms with E-state index in [2.05, 4.69) is 15.0 Å². The van der Waals surface area contributed by atoms with Crippen LogP contribution in [0.4, 0.5) is 15.8 Å². The standard InChI is InChI=1S/C26H24FN5O3S2/c1-35-23-16-19(11-12-20(23)30-37(2,33)34)32-25(24(29-26(32)36)21-9-3-4-13-28-21)22-10-6-14-31(22)18-8-5-7-17(27)15-18/h3-16,24-25,30H,1-2H3,(H,29,36)/t24-,25-/m1/s1. The number of rotatable bonds is 7. The fourth-order valence-electron chi connectivity index (χ4n) is 4.54. The highest BCUT2D eigenvalue weighted by atomic mass is 32.2. The number of sulfonamides is 1. The molecule has 190 valence electrons. The third kappa shape index (κ3) is 5.00. The Labute approximate surface area is 219 Å². The zero-order valence-corrected chi connectivity index (χ0v) is 21.6. The maximum Gasteiger partial charge on any atom is 0.229 e. The SMILES string of the molecule is COc1cc(N2C(=S)N[C@H](c3ccccn3)[C@H]2c2cccn2-c2cccc(F)c2)ccc1NS(C)(=O)=O. The first-order valence-corrected chi connectivity index (χ1v) is 13.6. The second kappa shape index (κ2) is 9.83. The van der Waals surface area contributed by atoms with Gasteiger partial charge in [0.15, 0.2) is 5.11 Å². The van der Waals surface area contributed by atoms with Gasteiger partial charge in [-0.3, -0.25) is 9.71 Å². The fourth-order valence-corrected chi connectivity index (χ4v) is 5.46. The molecular weight excluding hydrogens is 513 g/mol. The van der Waals surface area contributed by atoms with E-state index in [-0.39, 0.29) is 17.9 Å². The van der Waals surface area contributed by atoms with Gasteiger partial charge in [0.25, 0.3) is 0 Å². The van der Waals surface area contributed by atoms with Gasteiger partial charge in [-0.2, -0.15) is 0 Å². The number of nitrogens with zero attached hydrogens (tertiary/aromatic N) is 3. The van der Waals surface area contributed by atoms with Gasteiger partial charge in [-0.1, -0.05) is 12.1 Å². The van der Waals surface area contributed by atoms with E-state index < -0.39 is 10.0 Å². The number of anilines is 2. The van der Waals surface area contributed by atoms with Gasteiger partial charge >= 0.3 is 0 Å². The van der Waals surface area contributed by atoms with E-state index in [0.29, 0.717) is 27.9 Å². The van der Waals surface area contributed by atoms with Gasteiger partial charge < -0.3 is 19.5 Å². The van der Waals surface area contributed by atoms with Gasteiger partial charge in [-0.25, -0.2) is 12.8 Å². The van der Waals surface area contributed by atoms with Crippen LogP contribution in [0.25, 0.3) is 5.69 Å². The molecule has 1 saturated heterocycles. The summed E-state index contributed by atoms with van der Waals surface area (Å²) >= 11 is 5.80. The lowest BCUT2D eigenvalue weighted by Gasteiger charge is -2.29. The van der Waals surface area contributed by atoms with Crippen LogP contribution in [0, 0.1) is 5.82 Å². The summed E-state index contributed by atoms with van der Waals surface area (Å²) in [6.07, 6.45) is 4.67. The van der Waals surface area contributed by atoms with E-state index in [1.54, 1.807) is 30.5 Å². The number of pyridine rings is 1. The van der Waals surface area contributed by atoms with E-state index in [1.807, 2.05) is 52.1 Å². The first-order chi connectivity index (χ1) is 17.7. The molecule has 4 aromatic rings. The largest absolute Gasteiger partial charge is 0.494 e. The Morgan fingerprint density at radius 2 is 1.89 bits per heavy atom. The number of hydrogen-bond acceptors (Lipinski definition) is 5. The molecule has 0 spiro atoms. The summed E-state index contributed by atoms with van der Waals surface area (Å²) in [5, 5.41) is 3.85. The molecule has 0 amide bonds. The number of methoxy groups -OCH3 is 1. The number of benzene rings is 2. The first kappa shape index (κ1) is 24.7. The molecule has 2 atom stereocenters. The molecule has 1 aliphatic heterocycles. The minimum atomic E-state index is -3.51. The molecule has 8 nitrogen and oxygen atoms in total. The summed E-state index contributed by atoms with van der Waals surface area (Å²) in [5.41, 5.74) is 3.30. The van der Waals surface area contributed by atoms with Crippen molar-refractivity contribution in [2.24, 2.45) is 0 Å². The van der Waals surface area contributed by atoms with Crippen molar-refractivity contribution >= 4 is 38.7 Å². The molecule has 0 saturated carbocycles. The molecule has 2 aromatic heterocycles.